The predicted molar refractivity (Wildman–Crippen MR) is 79.0 cm³/mol. The van der Waals surface area contributed by atoms with Crippen molar-refractivity contribution >= 4 is 11.4 Å². The van der Waals surface area contributed by atoms with Crippen molar-refractivity contribution in [1.82, 2.24) is 0 Å². The van der Waals surface area contributed by atoms with E-state index in [-0.39, 0.29) is 0 Å². The fourth-order valence-electron chi connectivity index (χ4n) is 2.26. The summed E-state index contributed by atoms with van der Waals surface area (Å²) in [7, 11) is 0. The molecule has 2 aromatic carbocycles. The molecule has 0 aromatic heterocycles. The summed E-state index contributed by atoms with van der Waals surface area (Å²) >= 11 is 0. The monoisotopic (exact) mass is 237 g/mol. The first-order valence-corrected chi connectivity index (χ1v) is 6.26. The van der Waals surface area contributed by atoms with Crippen molar-refractivity contribution in [1.29, 1.82) is 0 Å². The minimum absolute atomic E-state index is 1.06. The lowest BCUT2D eigenvalue weighted by atomic mass is 10.0. The van der Waals surface area contributed by atoms with E-state index in [9.17, 15) is 0 Å². The van der Waals surface area contributed by atoms with E-state index >= 15 is 0 Å². The van der Waals surface area contributed by atoms with Gasteiger partial charge < -0.3 is 0 Å². The maximum atomic E-state index is 4.79. The summed E-state index contributed by atoms with van der Waals surface area (Å²) in [5.41, 5.74) is 7.11. The number of nitrogens with zero attached hydrogens (tertiary/aromatic N) is 1. The summed E-state index contributed by atoms with van der Waals surface area (Å²) < 4.78 is 0. The molecule has 0 atom stereocenters. The van der Waals surface area contributed by atoms with Crippen molar-refractivity contribution in [3.63, 3.8) is 0 Å². The minimum Gasteiger partial charge on any atom is -0.253 e. The molecule has 2 aromatic rings. The molecular weight excluding hydrogens is 218 g/mol. The van der Waals surface area contributed by atoms with Gasteiger partial charge in [-0.1, -0.05) is 48.0 Å². The van der Waals surface area contributed by atoms with Gasteiger partial charge in [-0.05, 0) is 44.4 Å². The van der Waals surface area contributed by atoms with Crippen LogP contribution in [-0.2, 0) is 0 Å². The van der Waals surface area contributed by atoms with Crippen LogP contribution in [0.4, 0.5) is 5.69 Å². The van der Waals surface area contributed by atoms with Crippen LogP contribution in [0.15, 0.2) is 47.5 Å². The maximum absolute atomic E-state index is 4.79. The number of hydrogen-bond acceptors (Lipinski definition) is 1. The van der Waals surface area contributed by atoms with Gasteiger partial charge in [0, 0.05) is 5.71 Å². The number of benzene rings is 2. The highest BCUT2D eigenvalue weighted by molar-refractivity contribution is 6.00. The highest BCUT2D eigenvalue weighted by Gasteiger charge is 2.04. The zero-order valence-corrected chi connectivity index (χ0v) is 11.5. The molecule has 0 radical (unpaired) electrons. The predicted octanol–water partition coefficient (Wildman–Crippen LogP) is 4.75. The molecule has 2 rings (SSSR count). The fourth-order valence-corrected chi connectivity index (χ4v) is 2.26. The van der Waals surface area contributed by atoms with Gasteiger partial charge in [0.05, 0.1) is 5.69 Å². The summed E-state index contributed by atoms with van der Waals surface area (Å²) in [6, 6.07) is 14.7. The van der Waals surface area contributed by atoms with Crippen LogP contribution in [0.5, 0.6) is 0 Å². The van der Waals surface area contributed by atoms with E-state index in [1.807, 2.05) is 18.2 Å². The molecule has 0 fully saturated rings. The standard InChI is InChI=1S/C17H19N/c1-12-10-13(2)17(14(3)11-12)18-15(4)16-8-6-5-7-9-16/h5-11H,1-4H3. The quantitative estimate of drug-likeness (QED) is 0.668. The lowest BCUT2D eigenvalue weighted by Gasteiger charge is -2.08. The van der Waals surface area contributed by atoms with E-state index < -0.39 is 0 Å². The molecular formula is C17H19N. The van der Waals surface area contributed by atoms with Crippen molar-refractivity contribution < 1.29 is 0 Å². The van der Waals surface area contributed by atoms with Crippen LogP contribution < -0.4 is 0 Å². The Labute approximate surface area is 109 Å². The Morgan fingerprint density at radius 2 is 1.44 bits per heavy atom. The summed E-state index contributed by atoms with van der Waals surface area (Å²) in [4.78, 5) is 4.79. The number of rotatable bonds is 2. The maximum Gasteiger partial charge on any atom is 0.0691 e. The first kappa shape index (κ1) is 12.6. The molecule has 0 aliphatic carbocycles. The largest absolute Gasteiger partial charge is 0.253 e. The molecule has 1 heteroatoms. The van der Waals surface area contributed by atoms with Crippen molar-refractivity contribution in [2.45, 2.75) is 27.7 Å². The lowest BCUT2D eigenvalue weighted by molar-refractivity contribution is 1.28. The van der Waals surface area contributed by atoms with E-state index in [1.165, 1.54) is 22.3 Å². The number of aryl methyl sites for hydroxylation is 3. The molecule has 0 amide bonds. The summed E-state index contributed by atoms with van der Waals surface area (Å²) in [6.45, 7) is 8.43. The van der Waals surface area contributed by atoms with Crippen molar-refractivity contribution in [2.75, 3.05) is 0 Å². The van der Waals surface area contributed by atoms with Crippen LogP contribution in [-0.4, -0.2) is 5.71 Å². The van der Waals surface area contributed by atoms with E-state index in [0.717, 1.165) is 11.4 Å². The summed E-state index contributed by atoms with van der Waals surface area (Å²) in [5.74, 6) is 0. The highest BCUT2D eigenvalue weighted by Crippen LogP contribution is 2.25. The van der Waals surface area contributed by atoms with E-state index in [0.29, 0.717) is 0 Å². The van der Waals surface area contributed by atoms with Crippen LogP contribution in [0, 0.1) is 20.8 Å². The minimum atomic E-state index is 1.06. The van der Waals surface area contributed by atoms with Gasteiger partial charge in [0.15, 0.2) is 0 Å². The normalized spacial score (nSPS) is 11.7. The number of aliphatic imine (C=N–C) groups is 1. The average molecular weight is 237 g/mol. The van der Waals surface area contributed by atoms with Crippen molar-refractivity contribution in [3.05, 3.63) is 64.7 Å². The van der Waals surface area contributed by atoms with Gasteiger partial charge in [0.25, 0.3) is 0 Å². The Kier molecular flexibility index (Phi) is 3.61. The van der Waals surface area contributed by atoms with Crippen LogP contribution in [0.2, 0.25) is 0 Å². The van der Waals surface area contributed by atoms with Gasteiger partial charge >= 0.3 is 0 Å². The first-order valence-electron chi connectivity index (χ1n) is 6.26. The summed E-state index contributed by atoms with van der Waals surface area (Å²) in [5, 5.41) is 0. The molecule has 0 saturated carbocycles. The van der Waals surface area contributed by atoms with E-state index in [1.54, 1.807) is 0 Å². The Balaban J connectivity index is 2.45. The smallest absolute Gasteiger partial charge is 0.0691 e. The lowest BCUT2D eigenvalue weighted by Crippen LogP contribution is -1.94. The second-order valence-corrected chi connectivity index (χ2v) is 4.81. The third-order valence-electron chi connectivity index (χ3n) is 3.11. The Morgan fingerprint density at radius 3 is 2.00 bits per heavy atom. The molecule has 92 valence electrons. The zero-order valence-electron chi connectivity index (χ0n) is 11.5. The molecule has 0 saturated heterocycles. The van der Waals surface area contributed by atoms with Crippen LogP contribution >= 0.6 is 0 Å². The molecule has 0 spiro atoms. The van der Waals surface area contributed by atoms with Gasteiger partial charge in [-0.15, -0.1) is 0 Å². The van der Waals surface area contributed by atoms with E-state index in [2.05, 4.69) is 52.0 Å². The Morgan fingerprint density at radius 1 is 0.889 bits per heavy atom. The van der Waals surface area contributed by atoms with Gasteiger partial charge in [0.1, 0.15) is 0 Å². The third kappa shape index (κ3) is 2.67. The van der Waals surface area contributed by atoms with Crippen LogP contribution in [0.3, 0.4) is 0 Å². The molecule has 0 bridgehead atoms. The van der Waals surface area contributed by atoms with Crippen molar-refractivity contribution in [3.8, 4) is 0 Å². The Bertz CT molecular complexity index is 557. The first-order chi connectivity index (χ1) is 8.58. The van der Waals surface area contributed by atoms with Crippen molar-refractivity contribution in [2.24, 2.45) is 4.99 Å². The molecule has 0 aliphatic heterocycles. The van der Waals surface area contributed by atoms with Gasteiger partial charge in [-0.25, -0.2) is 0 Å². The topological polar surface area (TPSA) is 12.4 Å². The fraction of sp³-hybridized carbons (Fsp3) is 0.235. The molecule has 1 nitrogen and oxygen atoms in total. The Hall–Kier alpha value is -1.89. The second-order valence-electron chi connectivity index (χ2n) is 4.81. The van der Waals surface area contributed by atoms with Crippen LogP contribution in [0.1, 0.15) is 29.2 Å². The SMILES string of the molecule is CC(=Nc1c(C)cc(C)cc1C)c1ccccc1. The molecule has 0 N–H and O–H groups in total. The van der Waals surface area contributed by atoms with Gasteiger partial charge in [-0.3, -0.25) is 4.99 Å². The highest BCUT2D eigenvalue weighted by atomic mass is 14.8. The van der Waals surface area contributed by atoms with Crippen LogP contribution in [0.25, 0.3) is 0 Å². The molecule has 0 heterocycles. The van der Waals surface area contributed by atoms with E-state index in [4.69, 9.17) is 4.99 Å². The second kappa shape index (κ2) is 5.18. The summed E-state index contributed by atoms with van der Waals surface area (Å²) in [6.07, 6.45) is 0. The molecule has 18 heavy (non-hydrogen) atoms. The molecule has 0 aliphatic rings. The number of hydrogen-bond donors (Lipinski definition) is 0. The van der Waals surface area contributed by atoms with Gasteiger partial charge in [-0.2, -0.15) is 0 Å². The molecule has 0 unspecified atom stereocenters. The third-order valence-corrected chi connectivity index (χ3v) is 3.11. The zero-order chi connectivity index (χ0) is 13.1. The van der Waals surface area contributed by atoms with Gasteiger partial charge in [0.2, 0.25) is 0 Å². The average Bonchev–Trinajstić information content (AvgIpc) is 2.34.